The normalized spacial score (nSPS) is 23.9. The van der Waals surface area contributed by atoms with Crippen molar-refractivity contribution < 1.29 is 18.4 Å². The molecule has 1 aliphatic heterocycles. The Balaban J connectivity index is 1.79. The Kier molecular flexibility index (Phi) is 2.77. The fourth-order valence-electron chi connectivity index (χ4n) is 2.32. The number of rotatable bonds is 2. The van der Waals surface area contributed by atoms with Crippen LogP contribution in [0.15, 0.2) is 30.2 Å². The number of hydrogen-bond acceptors (Lipinski definition) is 3. The molecule has 1 aromatic heterocycles. The van der Waals surface area contributed by atoms with Gasteiger partial charge in [0, 0.05) is 25.2 Å². The molecule has 104 valence electrons. The summed E-state index contributed by atoms with van der Waals surface area (Å²) < 4.78 is 25.7. The minimum Gasteiger partial charge on any atom is -0.303 e. The lowest BCUT2D eigenvalue weighted by atomic mass is 9.87. The SMILES string of the molecule is O=C1N/C(=C\c2ccncc2)C(=O)N1C1CC(F)(F)C1. The second-order valence-corrected chi connectivity index (χ2v) is 4.86. The maximum atomic E-state index is 12.8. The number of amides is 3. The number of nitrogens with zero attached hydrogens (tertiary/aromatic N) is 2. The standard InChI is InChI=1S/C13H11F2N3O2/c14-13(15)6-9(7-13)18-11(19)10(17-12(18)20)5-8-1-3-16-4-2-8/h1-5,9H,6-7H2,(H,17,20)/b10-5-. The monoisotopic (exact) mass is 279 g/mol. The maximum Gasteiger partial charge on any atom is 0.329 e. The van der Waals surface area contributed by atoms with Crippen LogP contribution in [-0.2, 0) is 4.79 Å². The van der Waals surface area contributed by atoms with Gasteiger partial charge in [-0.25, -0.2) is 13.6 Å². The Bertz CT molecular complexity index is 593. The number of imide groups is 1. The number of aromatic nitrogens is 1. The first-order chi connectivity index (χ1) is 9.46. The number of alkyl halides is 2. The predicted octanol–water partition coefficient (Wildman–Crippen LogP) is 1.77. The molecule has 2 aliphatic rings. The van der Waals surface area contributed by atoms with Gasteiger partial charge in [-0.15, -0.1) is 0 Å². The van der Waals surface area contributed by atoms with Gasteiger partial charge in [-0.1, -0.05) is 0 Å². The van der Waals surface area contributed by atoms with E-state index in [4.69, 9.17) is 0 Å². The Hall–Kier alpha value is -2.31. The Morgan fingerprint density at radius 3 is 2.55 bits per heavy atom. The third-order valence-corrected chi connectivity index (χ3v) is 3.36. The summed E-state index contributed by atoms with van der Waals surface area (Å²) in [6, 6.07) is 1.98. The lowest BCUT2D eigenvalue weighted by molar-refractivity contribution is -0.140. The molecule has 2 fully saturated rings. The summed E-state index contributed by atoms with van der Waals surface area (Å²) in [4.78, 5) is 28.5. The molecule has 1 aromatic rings. The highest BCUT2D eigenvalue weighted by molar-refractivity contribution is 6.14. The molecule has 1 saturated carbocycles. The van der Waals surface area contributed by atoms with Crippen LogP contribution >= 0.6 is 0 Å². The Labute approximate surface area is 113 Å². The van der Waals surface area contributed by atoms with Crippen LogP contribution in [-0.4, -0.2) is 33.8 Å². The van der Waals surface area contributed by atoms with Gasteiger partial charge >= 0.3 is 6.03 Å². The molecule has 1 N–H and O–H groups in total. The van der Waals surface area contributed by atoms with Crippen LogP contribution < -0.4 is 5.32 Å². The van der Waals surface area contributed by atoms with E-state index in [0.29, 0.717) is 5.56 Å². The van der Waals surface area contributed by atoms with E-state index in [1.807, 2.05) is 0 Å². The van der Waals surface area contributed by atoms with E-state index in [1.54, 1.807) is 24.5 Å². The van der Waals surface area contributed by atoms with Gasteiger partial charge in [-0.05, 0) is 23.8 Å². The van der Waals surface area contributed by atoms with E-state index in [2.05, 4.69) is 10.3 Å². The zero-order chi connectivity index (χ0) is 14.3. The van der Waals surface area contributed by atoms with Gasteiger partial charge in [0.2, 0.25) is 0 Å². The fourth-order valence-corrected chi connectivity index (χ4v) is 2.32. The molecule has 3 rings (SSSR count). The van der Waals surface area contributed by atoms with Gasteiger partial charge in [0.15, 0.2) is 0 Å². The zero-order valence-corrected chi connectivity index (χ0v) is 10.3. The van der Waals surface area contributed by atoms with E-state index in [9.17, 15) is 18.4 Å². The van der Waals surface area contributed by atoms with Crippen LogP contribution in [0.3, 0.4) is 0 Å². The maximum absolute atomic E-state index is 12.8. The fraction of sp³-hybridized carbons (Fsp3) is 0.308. The van der Waals surface area contributed by atoms with Gasteiger partial charge in [0.1, 0.15) is 5.70 Å². The number of urea groups is 1. The molecule has 5 nitrogen and oxygen atoms in total. The lowest BCUT2D eigenvalue weighted by Gasteiger charge is -2.38. The van der Waals surface area contributed by atoms with Crippen molar-refractivity contribution in [3.63, 3.8) is 0 Å². The summed E-state index contributed by atoms with van der Waals surface area (Å²) in [5.74, 6) is -3.34. The van der Waals surface area contributed by atoms with Gasteiger partial charge in [-0.3, -0.25) is 14.7 Å². The minimum atomic E-state index is -2.78. The molecule has 0 spiro atoms. The number of halogens is 2. The first kappa shape index (κ1) is 12.7. The van der Waals surface area contributed by atoms with E-state index in [1.165, 1.54) is 6.08 Å². The van der Waals surface area contributed by atoms with Gasteiger partial charge in [0.05, 0.1) is 6.04 Å². The summed E-state index contributed by atoms with van der Waals surface area (Å²) in [7, 11) is 0. The first-order valence-corrected chi connectivity index (χ1v) is 6.10. The highest BCUT2D eigenvalue weighted by Crippen LogP contribution is 2.41. The highest BCUT2D eigenvalue weighted by Gasteiger charge is 2.53. The highest BCUT2D eigenvalue weighted by atomic mass is 19.3. The van der Waals surface area contributed by atoms with Crippen molar-refractivity contribution in [1.29, 1.82) is 0 Å². The van der Waals surface area contributed by atoms with Crippen molar-refractivity contribution >= 4 is 18.0 Å². The van der Waals surface area contributed by atoms with E-state index in [-0.39, 0.29) is 5.70 Å². The number of carbonyl (C=O) groups is 2. The van der Waals surface area contributed by atoms with Crippen LogP contribution in [0, 0.1) is 0 Å². The molecular weight excluding hydrogens is 268 g/mol. The summed E-state index contributed by atoms with van der Waals surface area (Å²) in [5, 5.41) is 2.41. The average Bonchev–Trinajstić information content (AvgIpc) is 2.63. The van der Waals surface area contributed by atoms with Crippen molar-refractivity contribution in [3.05, 3.63) is 35.8 Å². The number of hydrogen-bond donors (Lipinski definition) is 1. The topological polar surface area (TPSA) is 62.3 Å². The number of nitrogens with one attached hydrogen (secondary N) is 1. The van der Waals surface area contributed by atoms with Crippen molar-refractivity contribution in [2.75, 3.05) is 0 Å². The molecule has 1 saturated heterocycles. The molecular formula is C13H11F2N3O2. The summed E-state index contributed by atoms with van der Waals surface area (Å²) >= 11 is 0. The molecule has 2 heterocycles. The molecule has 7 heteroatoms. The molecule has 0 unspecified atom stereocenters. The van der Waals surface area contributed by atoms with Crippen molar-refractivity contribution in [3.8, 4) is 0 Å². The molecule has 20 heavy (non-hydrogen) atoms. The van der Waals surface area contributed by atoms with E-state index >= 15 is 0 Å². The predicted molar refractivity (Wildman–Crippen MR) is 65.6 cm³/mol. The van der Waals surface area contributed by atoms with Gasteiger partial charge in [0.25, 0.3) is 11.8 Å². The second-order valence-electron chi connectivity index (χ2n) is 4.86. The molecule has 0 aromatic carbocycles. The zero-order valence-electron chi connectivity index (χ0n) is 10.3. The Morgan fingerprint density at radius 1 is 1.30 bits per heavy atom. The molecule has 1 aliphatic carbocycles. The lowest BCUT2D eigenvalue weighted by Crippen LogP contribution is -2.53. The van der Waals surface area contributed by atoms with E-state index < -0.39 is 36.7 Å². The van der Waals surface area contributed by atoms with Crippen molar-refractivity contribution in [2.45, 2.75) is 24.8 Å². The van der Waals surface area contributed by atoms with Crippen molar-refractivity contribution in [1.82, 2.24) is 15.2 Å². The molecule has 0 radical (unpaired) electrons. The quantitative estimate of drug-likeness (QED) is 0.663. The molecule has 0 atom stereocenters. The third-order valence-electron chi connectivity index (χ3n) is 3.36. The van der Waals surface area contributed by atoms with Crippen LogP contribution in [0.4, 0.5) is 13.6 Å². The third kappa shape index (κ3) is 2.15. The van der Waals surface area contributed by atoms with Gasteiger partial charge in [-0.2, -0.15) is 0 Å². The number of pyridine rings is 1. The first-order valence-electron chi connectivity index (χ1n) is 6.10. The van der Waals surface area contributed by atoms with Crippen LogP contribution in [0.2, 0.25) is 0 Å². The van der Waals surface area contributed by atoms with Crippen LogP contribution in [0.5, 0.6) is 0 Å². The molecule has 3 amide bonds. The minimum absolute atomic E-state index is 0.0939. The largest absolute Gasteiger partial charge is 0.329 e. The molecule has 0 bridgehead atoms. The van der Waals surface area contributed by atoms with E-state index in [0.717, 1.165) is 4.90 Å². The van der Waals surface area contributed by atoms with Crippen LogP contribution in [0.25, 0.3) is 6.08 Å². The summed E-state index contributed by atoms with van der Waals surface area (Å²) in [6.45, 7) is 0. The number of carbonyl (C=O) groups excluding carboxylic acids is 2. The Morgan fingerprint density at radius 2 is 1.95 bits per heavy atom. The summed E-state index contributed by atoms with van der Waals surface area (Å²) in [5.41, 5.74) is 0.792. The summed E-state index contributed by atoms with van der Waals surface area (Å²) in [6.07, 6.45) is 3.68. The van der Waals surface area contributed by atoms with Gasteiger partial charge < -0.3 is 5.32 Å². The second kappa shape index (κ2) is 4.36. The average molecular weight is 279 g/mol. The van der Waals surface area contributed by atoms with Crippen LogP contribution in [0.1, 0.15) is 18.4 Å². The van der Waals surface area contributed by atoms with Crippen molar-refractivity contribution in [2.24, 2.45) is 0 Å². The smallest absolute Gasteiger partial charge is 0.303 e.